The quantitative estimate of drug-likeness (QED) is 0.881. The van der Waals surface area contributed by atoms with Gasteiger partial charge in [-0.1, -0.05) is 13.0 Å². The summed E-state index contributed by atoms with van der Waals surface area (Å²) in [5.41, 5.74) is 8.68. The van der Waals surface area contributed by atoms with Gasteiger partial charge in [0.2, 0.25) is 0 Å². The Hall–Kier alpha value is -0.580. The molecule has 1 atom stereocenters. The zero-order valence-corrected chi connectivity index (χ0v) is 15.1. The van der Waals surface area contributed by atoms with Gasteiger partial charge < -0.3 is 10.6 Å². The molecule has 0 saturated carbocycles. The minimum Gasteiger partial charge on any atom is -0.368 e. The summed E-state index contributed by atoms with van der Waals surface area (Å²) < 4.78 is 1.20. The first-order valence-corrected chi connectivity index (χ1v) is 8.83. The third kappa shape index (κ3) is 4.44. The Balaban J connectivity index is 2.01. The van der Waals surface area contributed by atoms with Crippen LogP contribution in [0.5, 0.6) is 0 Å². The minimum absolute atomic E-state index is 0.261. The van der Waals surface area contributed by atoms with Crippen molar-refractivity contribution in [2.24, 2.45) is 5.73 Å². The lowest BCUT2D eigenvalue weighted by Gasteiger charge is -2.38. The van der Waals surface area contributed by atoms with Crippen LogP contribution < -0.4 is 10.6 Å². The van der Waals surface area contributed by atoms with Crippen molar-refractivity contribution in [1.82, 2.24) is 4.90 Å². The SMILES string of the molecule is CCC(N)Cc1ccc(N2CCN(C(C)C)CC2)c(Br)c1. The number of halogens is 1. The summed E-state index contributed by atoms with van der Waals surface area (Å²) in [6.07, 6.45) is 1.98. The molecule has 1 aromatic carbocycles. The summed E-state index contributed by atoms with van der Waals surface area (Å²) >= 11 is 3.74. The minimum atomic E-state index is 0.261. The van der Waals surface area contributed by atoms with Gasteiger partial charge in [0.15, 0.2) is 0 Å². The standard InChI is InChI=1S/C17H28BrN3/c1-4-15(19)11-14-5-6-17(16(18)12-14)21-9-7-20(8-10-21)13(2)3/h5-6,12-13,15H,4,7-11,19H2,1-3H3. The Labute approximate surface area is 137 Å². The van der Waals surface area contributed by atoms with E-state index in [9.17, 15) is 0 Å². The Morgan fingerprint density at radius 3 is 2.38 bits per heavy atom. The summed E-state index contributed by atoms with van der Waals surface area (Å²) in [4.78, 5) is 5.02. The maximum Gasteiger partial charge on any atom is 0.0511 e. The van der Waals surface area contributed by atoms with Gasteiger partial charge in [0.05, 0.1) is 5.69 Å². The second kappa shape index (κ2) is 7.61. The summed E-state index contributed by atoms with van der Waals surface area (Å²) in [5.74, 6) is 0. The second-order valence-corrected chi connectivity index (χ2v) is 7.13. The fourth-order valence-electron chi connectivity index (χ4n) is 2.86. The normalized spacial score (nSPS) is 18.3. The van der Waals surface area contributed by atoms with Gasteiger partial charge in [-0.25, -0.2) is 0 Å². The molecule has 1 aromatic rings. The highest BCUT2D eigenvalue weighted by molar-refractivity contribution is 9.10. The first-order chi connectivity index (χ1) is 10.0. The number of piperazine rings is 1. The molecule has 118 valence electrons. The van der Waals surface area contributed by atoms with E-state index >= 15 is 0 Å². The predicted molar refractivity (Wildman–Crippen MR) is 95.0 cm³/mol. The van der Waals surface area contributed by atoms with Gasteiger partial charge >= 0.3 is 0 Å². The van der Waals surface area contributed by atoms with Crippen LogP contribution in [0, 0.1) is 0 Å². The van der Waals surface area contributed by atoms with E-state index < -0.39 is 0 Å². The van der Waals surface area contributed by atoms with Crippen LogP contribution in [-0.4, -0.2) is 43.2 Å². The van der Waals surface area contributed by atoms with E-state index in [1.165, 1.54) is 15.7 Å². The second-order valence-electron chi connectivity index (χ2n) is 6.27. The van der Waals surface area contributed by atoms with Crippen molar-refractivity contribution in [2.75, 3.05) is 31.1 Å². The molecule has 21 heavy (non-hydrogen) atoms. The molecular formula is C17H28BrN3. The third-order valence-corrected chi connectivity index (χ3v) is 5.05. The first-order valence-electron chi connectivity index (χ1n) is 8.04. The van der Waals surface area contributed by atoms with Gasteiger partial charge in [-0.05, 0) is 60.3 Å². The smallest absolute Gasteiger partial charge is 0.0511 e. The summed E-state index contributed by atoms with van der Waals surface area (Å²) in [7, 11) is 0. The van der Waals surface area contributed by atoms with Gasteiger partial charge in [-0.3, -0.25) is 4.90 Å². The summed E-state index contributed by atoms with van der Waals surface area (Å²) in [6, 6.07) is 7.61. The summed E-state index contributed by atoms with van der Waals surface area (Å²) in [6.45, 7) is 11.2. The molecular weight excluding hydrogens is 326 g/mol. The predicted octanol–water partition coefficient (Wildman–Crippen LogP) is 3.26. The molecule has 1 aliphatic heterocycles. The van der Waals surface area contributed by atoms with E-state index in [-0.39, 0.29) is 6.04 Å². The molecule has 0 bridgehead atoms. The van der Waals surface area contributed by atoms with Crippen molar-refractivity contribution in [1.29, 1.82) is 0 Å². The van der Waals surface area contributed by atoms with Crippen LogP contribution in [0.1, 0.15) is 32.8 Å². The van der Waals surface area contributed by atoms with Crippen LogP contribution in [0.15, 0.2) is 22.7 Å². The average Bonchev–Trinajstić information content (AvgIpc) is 2.47. The lowest BCUT2D eigenvalue weighted by atomic mass is 10.0. The van der Waals surface area contributed by atoms with Crippen molar-refractivity contribution in [3.63, 3.8) is 0 Å². The molecule has 0 aromatic heterocycles. The van der Waals surface area contributed by atoms with Crippen molar-refractivity contribution in [3.05, 3.63) is 28.2 Å². The highest BCUT2D eigenvalue weighted by atomic mass is 79.9. The van der Waals surface area contributed by atoms with Gasteiger partial charge in [0.1, 0.15) is 0 Å². The zero-order valence-electron chi connectivity index (χ0n) is 13.5. The van der Waals surface area contributed by atoms with E-state index in [0.717, 1.165) is 39.0 Å². The molecule has 1 unspecified atom stereocenters. The van der Waals surface area contributed by atoms with Crippen molar-refractivity contribution >= 4 is 21.6 Å². The van der Waals surface area contributed by atoms with Crippen molar-refractivity contribution in [2.45, 2.75) is 45.7 Å². The van der Waals surface area contributed by atoms with Crippen LogP contribution in [0.25, 0.3) is 0 Å². The largest absolute Gasteiger partial charge is 0.368 e. The molecule has 1 saturated heterocycles. The number of nitrogens with two attached hydrogens (primary N) is 1. The lowest BCUT2D eigenvalue weighted by Crippen LogP contribution is -2.49. The molecule has 0 amide bonds. The molecule has 0 radical (unpaired) electrons. The molecule has 1 aliphatic rings. The molecule has 3 nitrogen and oxygen atoms in total. The van der Waals surface area contributed by atoms with E-state index in [1.807, 2.05) is 0 Å². The van der Waals surface area contributed by atoms with Gasteiger partial charge in [-0.2, -0.15) is 0 Å². The fourth-order valence-corrected chi connectivity index (χ4v) is 3.54. The van der Waals surface area contributed by atoms with Gasteiger partial charge in [0.25, 0.3) is 0 Å². The monoisotopic (exact) mass is 353 g/mol. The van der Waals surface area contributed by atoms with Crippen LogP contribution in [0.2, 0.25) is 0 Å². The molecule has 2 N–H and O–H groups in total. The molecule has 1 heterocycles. The van der Waals surface area contributed by atoms with Gasteiger partial charge in [0, 0.05) is 42.7 Å². The van der Waals surface area contributed by atoms with E-state index in [2.05, 4.69) is 64.7 Å². The number of anilines is 1. The van der Waals surface area contributed by atoms with Crippen LogP contribution in [0.3, 0.4) is 0 Å². The Kier molecular flexibility index (Phi) is 6.08. The maximum atomic E-state index is 6.05. The fraction of sp³-hybridized carbons (Fsp3) is 0.647. The van der Waals surface area contributed by atoms with Crippen LogP contribution in [-0.2, 0) is 6.42 Å². The lowest BCUT2D eigenvalue weighted by molar-refractivity contribution is 0.209. The number of nitrogens with zero attached hydrogens (tertiary/aromatic N) is 2. The topological polar surface area (TPSA) is 32.5 Å². The number of hydrogen-bond acceptors (Lipinski definition) is 3. The van der Waals surface area contributed by atoms with Crippen molar-refractivity contribution in [3.8, 4) is 0 Å². The summed E-state index contributed by atoms with van der Waals surface area (Å²) in [5, 5.41) is 0. The average molecular weight is 354 g/mol. The van der Waals surface area contributed by atoms with E-state index in [1.54, 1.807) is 0 Å². The third-order valence-electron chi connectivity index (χ3n) is 4.42. The molecule has 0 spiro atoms. The zero-order chi connectivity index (χ0) is 15.4. The Morgan fingerprint density at radius 2 is 1.86 bits per heavy atom. The number of hydrogen-bond donors (Lipinski definition) is 1. The highest BCUT2D eigenvalue weighted by Gasteiger charge is 2.20. The Bertz CT molecular complexity index is 453. The Morgan fingerprint density at radius 1 is 1.19 bits per heavy atom. The molecule has 1 fully saturated rings. The first kappa shape index (κ1) is 16.8. The van der Waals surface area contributed by atoms with E-state index in [4.69, 9.17) is 5.73 Å². The molecule has 0 aliphatic carbocycles. The van der Waals surface area contributed by atoms with Crippen molar-refractivity contribution < 1.29 is 0 Å². The highest BCUT2D eigenvalue weighted by Crippen LogP contribution is 2.29. The van der Waals surface area contributed by atoms with E-state index in [0.29, 0.717) is 6.04 Å². The number of rotatable bonds is 5. The van der Waals surface area contributed by atoms with Crippen LogP contribution in [0.4, 0.5) is 5.69 Å². The number of benzene rings is 1. The van der Waals surface area contributed by atoms with Gasteiger partial charge in [-0.15, -0.1) is 0 Å². The molecule has 2 rings (SSSR count). The molecule has 4 heteroatoms. The maximum absolute atomic E-state index is 6.05. The van der Waals surface area contributed by atoms with Crippen LogP contribution >= 0.6 is 15.9 Å².